The van der Waals surface area contributed by atoms with Gasteiger partial charge in [0.25, 0.3) is 0 Å². The van der Waals surface area contributed by atoms with Crippen LogP contribution in [0.2, 0.25) is 0 Å². The second-order valence-electron chi connectivity index (χ2n) is 2.87. The molecule has 4 nitrogen and oxygen atoms in total. The molecule has 0 fully saturated rings. The highest BCUT2D eigenvalue weighted by Crippen LogP contribution is 2.49. The minimum Gasteiger partial charge on any atom is -0.376 e. The molecule has 5 heteroatoms. The van der Waals surface area contributed by atoms with Gasteiger partial charge in [-0.2, -0.15) is 0 Å². The van der Waals surface area contributed by atoms with Crippen LogP contribution in [-0.4, -0.2) is 14.9 Å². The van der Waals surface area contributed by atoms with Crippen molar-refractivity contribution < 1.29 is 19.5 Å². The molecule has 72 valence electrons. The molecule has 0 aliphatic rings. The van der Waals surface area contributed by atoms with Crippen LogP contribution in [0.3, 0.4) is 0 Å². The van der Waals surface area contributed by atoms with E-state index in [-0.39, 0.29) is 5.56 Å². The van der Waals surface area contributed by atoms with Crippen LogP contribution < -0.4 is 0 Å². The fourth-order valence-electron chi connectivity index (χ4n) is 0.933. The monoisotopic (exact) mass is 202 g/mol. The number of benzene rings is 1. The van der Waals surface area contributed by atoms with Crippen LogP contribution in [-0.2, 0) is 4.57 Å². The van der Waals surface area contributed by atoms with Crippen LogP contribution in [0.5, 0.6) is 0 Å². The van der Waals surface area contributed by atoms with Crippen molar-refractivity contribution in [1.29, 1.82) is 0 Å². The van der Waals surface area contributed by atoms with E-state index in [0.29, 0.717) is 0 Å². The van der Waals surface area contributed by atoms with Gasteiger partial charge in [0.05, 0.1) is 0 Å². The van der Waals surface area contributed by atoms with E-state index in [2.05, 4.69) is 0 Å². The van der Waals surface area contributed by atoms with Crippen LogP contribution in [0, 0.1) is 6.92 Å². The Labute approximate surface area is 76.0 Å². The summed E-state index contributed by atoms with van der Waals surface area (Å²) in [5, 5.41) is 9.18. The van der Waals surface area contributed by atoms with Crippen molar-refractivity contribution >= 4 is 7.60 Å². The first-order valence-electron chi connectivity index (χ1n) is 3.71. The summed E-state index contributed by atoms with van der Waals surface area (Å²) in [5.41, 5.74) is 1.21. The first-order valence-corrected chi connectivity index (χ1v) is 5.39. The van der Waals surface area contributed by atoms with Gasteiger partial charge in [0, 0.05) is 0 Å². The Balaban J connectivity index is 2.97. The van der Waals surface area contributed by atoms with Crippen molar-refractivity contribution in [3.05, 3.63) is 35.4 Å². The molecule has 13 heavy (non-hydrogen) atoms. The highest BCUT2D eigenvalue weighted by molar-refractivity contribution is 7.51. The molecule has 0 heterocycles. The number of aliphatic hydroxyl groups is 1. The SMILES string of the molecule is Cc1ccc([C@@H](O)P(=O)(O)O)cc1. The fourth-order valence-corrected chi connectivity index (χ4v) is 1.49. The smallest absolute Gasteiger partial charge is 0.358 e. The van der Waals surface area contributed by atoms with E-state index >= 15 is 0 Å². The molecular weight excluding hydrogens is 191 g/mol. The van der Waals surface area contributed by atoms with Gasteiger partial charge in [-0.15, -0.1) is 0 Å². The minimum atomic E-state index is -4.44. The van der Waals surface area contributed by atoms with Gasteiger partial charge in [-0.3, -0.25) is 4.57 Å². The molecule has 0 aliphatic heterocycles. The molecule has 0 saturated heterocycles. The third-order valence-corrected chi connectivity index (χ3v) is 2.63. The standard InChI is InChI=1S/C8H11O4P/c1-6-2-4-7(5-3-6)8(9)13(10,11)12/h2-5,8-9H,1H3,(H2,10,11,12)/t8-/m0/s1. The zero-order valence-electron chi connectivity index (χ0n) is 7.08. The lowest BCUT2D eigenvalue weighted by Gasteiger charge is -2.12. The van der Waals surface area contributed by atoms with Gasteiger partial charge in [0.2, 0.25) is 0 Å². The molecule has 0 spiro atoms. The van der Waals surface area contributed by atoms with E-state index in [4.69, 9.17) is 9.79 Å². The number of aliphatic hydroxyl groups excluding tert-OH is 1. The molecule has 0 bridgehead atoms. The summed E-state index contributed by atoms with van der Waals surface area (Å²) in [4.78, 5) is 17.3. The summed E-state index contributed by atoms with van der Waals surface area (Å²) in [6.07, 6.45) is 0. The van der Waals surface area contributed by atoms with Crippen LogP contribution in [0.15, 0.2) is 24.3 Å². The van der Waals surface area contributed by atoms with E-state index in [1.807, 2.05) is 6.92 Å². The summed E-state index contributed by atoms with van der Waals surface area (Å²) in [7, 11) is -4.44. The summed E-state index contributed by atoms with van der Waals surface area (Å²) in [6.45, 7) is 1.85. The third kappa shape index (κ3) is 2.64. The van der Waals surface area contributed by atoms with Crippen LogP contribution in [0.4, 0.5) is 0 Å². The average Bonchev–Trinajstić information content (AvgIpc) is 2.03. The van der Waals surface area contributed by atoms with Gasteiger partial charge in [0.1, 0.15) is 0 Å². The largest absolute Gasteiger partial charge is 0.376 e. The lowest BCUT2D eigenvalue weighted by Crippen LogP contribution is -1.97. The Bertz CT molecular complexity index is 327. The van der Waals surface area contributed by atoms with Gasteiger partial charge in [-0.1, -0.05) is 29.8 Å². The molecule has 0 aromatic heterocycles. The average molecular weight is 202 g/mol. The number of hydrogen-bond acceptors (Lipinski definition) is 2. The molecule has 0 saturated carbocycles. The number of hydrogen-bond donors (Lipinski definition) is 3. The summed E-state index contributed by atoms with van der Waals surface area (Å²) in [6, 6.07) is 6.38. The maximum Gasteiger partial charge on any atom is 0.358 e. The predicted octanol–water partition coefficient (Wildman–Crippen LogP) is 1.16. The molecule has 1 rings (SSSR count). The molecule has 1 aromatic carbocycles. The van der Waals surface area contributed by atoms with Gasteiger partial charge in [0.15, 0.2) is 5.85 Å². The number of aryl methyl sites for hydroxylation is 1. The van der Waals surface area contributed by atoms with Crippen LogP contribution in [0.25, 0.3) is 0 Å². The van der Waals surface area contributed by atoms with Crippen molar-refractivity contribution in [2.75, 3.05) is 0 Å². The Hall–Kier alpha value is -0.670. The highest BCUT2D eigenvalue weighted by atomic mass is 31.2. The first-order chi connectivity index (χ1) is 5.91. The van der Waals surface area contributed by atoms with Crippen molar-refractivity contribution in [3.8, 4) is 0 Å². The number of rotatable bonds is 2. The molecular formula is C8H11O4P. The molecule has 0 aliphatic carbocycles. The van der Waals surface area contributed by atoms with Gasteiger partial charge < -0.3 is 14.9 Å². The Kier molecular flexibility index (Phi) is 2.88. The van der Waals surface area contributed by atoms with E-state index in [1.165, 1.54) is 12.1 Å². The van der Waals surface area contributed by atoms with Gasteiger partial charge in [-0.05, 0) is 12.5 Å². The molecule has 0 unspecified atom stereocenters. The Morgan fingerprint density at radius 1 is 1.23 bits per heavy atom. The van der Waals surface area contributed by atoms with Crippen LogP contribution >= 0.6 is 7.60 Å². The van der Waals surface area contributed by atoms with Crippen molar-refractivity contribution in [3.63, 3.8) is 0 Å². The third-order valence-electron chi connectivity index (χ3n) is 1.69. The quantitative estimate of drug-likeness (QED) is 0.629. The molecule has 3 N–H and O–H groups in total. The van der Waals surface area contributed by atoms with E-state index in [0.717, 1.165) is 5.56 Å². The maximum absolute atomic E-state index is 10.7. The first kappa shape index (κ1) is 10.4. The second-order valence-corrected chi connectivity index (χ2v) is 4.54. The lowest BCUT2D eigenvalue weighted by atomic mass is 10.2. The topological polar surface area (TPSA) is 77.8 Å². The zero-order valence-corrected chi connectivity index (χ0v) is 7.98. The second kappa shape index (κ2) is 3.60. The summed E-state index contributed by atoms with van der Waals surface area (Å²) >= 11 is 0. The predicted molar refractivity (Wildman–Crippen MR) is 48.2 cm³/mol. The molecule has 0 amide bonds. The van der Waals surface area contributed by atoms with Crippen LogP contribution in [0.1, 0.15) is 17.0 Å². The molecule has 1 aromatic rings. The van der Waals surface area contributed by atoms with Gasteiger partial charge in [-0.25, -0.2) is 0 Å². The van der Waals surface area contributed by atoms with E-state index in [1.54, 1.807) is 12.1 Å². The zero-order chi connectivity index (χ0) is 10.1. The van der Waals surface area contributed by atoms with Crippen molar-refractivity contribution in [1.82, 2.24) is 0 Å². The van der Waals surface area contributed by atoms with Gasteiger partial charge >= 0.3 is 7.60 Å². The summed E-state index contributed by atoms with van der Waals surface area (Å²) < 4.78 is 10.7. The van der Waals surface area contributed by atoms with E-state index < -0.39 is 13.4 Å². The van der Waals surface area contributed by atoms with Crippen molar-refractivity contribution in [2.24, 2.45) is 0 Å². The fraction of sp³-hybridized carbons (Fsp3) is 0.250. The Morgan fingerprint density at radius 2 is 1.69 bits per heavy atom. The highest BCUT2D eigenvalue weighted by Gasteiger charge is 2.27. The van der Waals surface area contributed by atoms with E-state index in [9.17, 15) is 9.67 Å². The molecule has 0 radical (unpaired) electrons. The lowest BCUT2D eigenvalue weighted by molar-refractivity contribution is 0.205. The minimum absolute atomic E-state index is 0.235. The summed E-state index contributed by atoms with van der Waals surface area (Å²) in [5.74, 6) is -1.71. The normalized spacial score (nSPS) is 14.2. The molecule has 1 atom stereocenters. The maximum atomic E-state index is 10.7. The van der Waals surface area contributed by atoms with Crippen molar-refractivity contribution in [2.45, 2.75) is 12.8 Å². The Morgan fingerprint density at radius 3 is 2.08 bits per heavy atom.